The van der Waals surface area contributed by atoms with Crippen molar-refractivity contribution in [2.75, 3.05) is 33.4 Å². The topological polar surface area (TPSA) is 63.7 Å². The summed E-state index contributed by atoms with van der Waals surface area (Å²) < 4.78 is 10.6. The standard InChI is InChI=1S/C22H23N3O3/c1-15-20(22(26)24-25-11-13-28-14-12-25)18-5-3-4-6-19(18)23-21(15)16-7-9-17(27-2)10-8-16/h3-10H,11-14H2,1-2H3,(H,24,26). The maximum Gasteiger partial charge on any atom is 0.266 e. The Morgan fingerprint density at radius 1 is 1.11 bits per heavy atom. The minimum absolute atomic E-state index is 0.118. The fourth-order valence-corrected chi connectivity index (χ4v) is 3.50. The predicted molar refractivity (Wildman–Crippen MR) is 108 cm³/mol. The number of methoxy groups -OCH3 is 1. The maximum atomic E-state index is 13.2. The number of hydrazine groups is 1. The lowest BCUT2D eigenvalue weighted by molar-refractivity contribution is 0.0126. The fraction of sp³-hybridized carbons (Fsp3) is 0.273. The van der Waals surface area contributed by atoms with Crippen LogP contribution in [0.1, 0.15) is 15.9 Å². The molecule has 0 bridgehead atoms. The van der Waals surface area contributed by atoms with E-state index in [9.17, 15) is 4.79 Å². The zero-order valence-corrected chi connectivity index (χ0v) is 16.1. The van der Waals surface area contributed by atoms with Gasteiger partial charge in [0.25, 0.3) is 5.91 Å². The van der Waals surface area contributed by atoms with Crippen LogP contribution in [-0.2, 0) is 4.74 Å². The van der Waals surface area contributed by atoms with Gasteiger partial charge < -0.3 is 9.47 Å². The van der Waals surface area contributed by atoms with Crippen LogP contribution in [0.3, 0.4) is 0 Å². The lowest BCUT2D eigenvalue weighted by atomic mass is 9.97. The molecule has 0 aliphatic carbocycles. The number of carbonyl (C=O) groups excluding carboxylic acids is 1. The molecule has 0 radical (unpaired) electrons. The molecule has 3 aromatic rings. The van der Waals surface area contributed by atoms with Gasteiger partial charge in [0.15, 0.2) is 0 Å². The van der Waals surface area contributed by atoms with Gasteiger partial charge >= 0.3 is 0 Å². The first kappa shape index (κ1) is 18.4. The van der Waals surface area contributed by atoms with Gasteiger partial charge in [-0.1, -0.05) is 18.2 Å². The molecule has 4 rings (SSSR count). The van der Waals surface area contributed by atoms with Crippen LogP contribution in [0.25, 0.3) is 22.2 Å². The lowest BCUT2D eigenvalue weighted by Crippen LogP contribution is -2.48. The monoisotopic (exact) mass is 377 g/mol. The highest BCUT2D eigenvalue weighted by atomic mass is 16.5. The average Bonchev–Trinajstić information content (AvgIpc) is 2.74. The van der Waals surface area contributed by atoms with Gasteiger partial charge in [0.05, 0.1) is 37.1 Å². The Morgan fingerprint density at radius 3 is 2.54 bits per heavy atom. The van der Waals surface area contributed by atoms with Crippen molar-refractivity contribution in [1.29, 1.82) is 0 Å². The number of fused-ring (bicyclic) bond motifs is 1. The van der Waals surface area contributed by atoms with E-state index in [1.54, 1.807) is 7.11 Å². The number of rotatable bonds is 4. The number of nitrogens with zero attached hydrogens (tertiary/aromatic N) is 2. The molecule has 144 valence electrons. The number of morpholine rings is 1. The smallest absolute Gasteiger partial charge is 0.266 e. The van der Waals surface area contributed by atoms with Gasteiger partial charge in [-0.15, -0.1) is 0 Å². The number of nitrogens with one attached hydrogen (secondary N) is 1. The fourth-order valence-electron chi connectivity index (χ4n) is 3.50. The van der Waals surface area contributed by atoms with Gasteiger partial charge in [0, 0.05) is 24.0 Å². The summed E-state index contributed by atoms with van der Waals surface area (Å²) in [6, 6.07) is 15.5. The van der Waals surface area contributed by atoms with Crippen molar-refractivity contribution in [3.8, 4) is 17.0 Å². The summed E-state index contributed by atoms with van der Waals surface area (Å²) in [7, 11) is 1.64. The third-order valence-corrected chi connectivity index (χ3v) is 5.00. The van der Waals surface area contributed by atoms with Crippen molar-refractivity contribution in [3.05, 3.63) is 59.7 Å². The molecule has 1 amide bonds. The quantitative estimate of drug-likeness (QED) is 0.757. The zero-order chi connectivity index (χ0) is 19.5. The van der Waals surface area contributed by atoms with Crippen molar-refractivity contribution < 1.29 is 14.3 Å². The summed E-state index contributed by atoms with van der Waals surface area (Å²) in [5.41, 5.74) is 7.09. The Bertz CT molecular complexity index is 996. The summed E-state index contributed by atoms with van der Waals surface area (Å²) in [4.78, 5) is 18.0. The molecule has 2 aromatic carbocycles. The SMILES string of the molecule is COc1ccc(-c2nc3ccccc3c(C(=O)NN3CCOCC3)c2C)cc1. The Hall–Kier alpha value is -2.96. The van der Waals surface area contributed by atoms with Gasteiger partial charge in [-0.25, -0.2) is 9.99 Å². The number of carbonyl (C=O) groups is 1. The zero-order valence-electron chi connectivity index (χ0n) is 16.1. The second kappa shape index (κ2) is 7.96. The van der Waals surface area contributed by atoms with E-state index in [1.165, 1.54) is 0 Å². The Kier molecular flexibility index (Phi) is 5.23. The molecule has 1 N–H and O–H groups in total. The number of benzene rings is 2. The first-order valence-corrected chi connectivity index (χ1v) is 9.35. The van der Waals surface area contributed by atoms with Crippen LogP contribution < -0.4 is 10.2 Å². The number of hydrogen-bond acceptors (Lipinski definition) is 5. The highest BCUT2D eigenvalue weighted by Crippen LogP contribution is 2.30. The van der Waals surface area contributed by atoms with Crippen molar-refractivity contribution in [1.82, 2.24) is 15.4 Å². The Morgan fingerprint density at radius 2 is 1.82 bits per heavy atom. The average molecular weight is 377 g/mol. The first-order chi connectivity index (χ1) is 13.7. The summed E-state index contributed by atoms with van der Waals surface area (Å²) in [6.07, 6.45) is 0. The molecular formula is C22H23N3O3. The number of ether oxygens (including phenoxy) is 2. The van der Waals surface area contributed by atoms with Crippen LogP contribution in [0.15, 0.2) is 48.5 Å². The van der Waals surface area contributed by atoms with E-state index in [0.29, 0.717) is 31.9 Å². The molecule has 1 aliphatic heterocycles. The molecule has 6 nitrogen and oxygen atoms in total. The number of pyridine rings is 1. The molecule has 1 fully saturated rings. The number of amides is 1. The van der Waals surface area contributed by atoms with Crippen LogP contribution in [0.2, 0.25) is 0 Å². The normalized spacial score (nSPS) is 14.8. The van der Waals surface area contributed by atoms with Gasteiger partial charge in [-0.05, 0) is 42.8 Å². The molecule has 0 saturated carbocycles. The van der Waals surface area contributed by atoms with Crippen molar-refractivity contribution in [2.45, 2.75) is 6.92 Å². The highest BCUT2D eigenvalue weighted by molar-refractivity contribution is 6.08. The second-order valence-corrected chi connectivity index (χ2v) is 6.75. The first-order valence-electron chi connectivity index (χ1n) is 9.35. The number of aromatic nitrogens is 1. The van der Waals surface area contributed by atoms with Crippen LogP contribution in [0, 0.1) is 6.92 Å². The van der Waals surface area contributed by atoms with E-state index in [1.807, 2.05) is 60.5 Å². The summed E-state index contributed by atoms with van der Waals surface area (Å²) in [5, 5.41) is 2.76. The van der Waals surface area contributed by atoms with E-state index in [0.717, 1.165) is 33.5 Å². The second-order valence-electron chi connectivity index (χ2n) is 6.75. The van der Waals surface area contributed by atoms with Gasteiger partial charge in [0.1, 0.15) is 5.75 Å². The molecule has 1 aromatic heterocycles. The van der Waals surface area contributed by atoms with E-state index in [4.69, 9.17) is 14.5 Å². The van der Waals surface area contributed by atoms with Crippen molar-refractivity contribution in [3.63, 3.8) is 0 Å². The van der Waals surface area contributed by atoms with E-state index in [2.05, 4.69) is 5.43 Å². The third-order valence-electron chi connectivity index (χ3n) is 5.00. The molecule has 0 spiro atoms. The number of hydrogen-bond donors (Lipinski definition) is 1. The molecule has 1 aliphatic rings. The van der Waals surface area contributed by atoms with Crippen LogP contribution in [0.5, 0.6) is 5.75 Å². The Labute approximate surface area is 164 Å². The van der Waals surface area contributed by atoms with Crippen LogP contribution in [0.4, 0.5) is 0 Å². The molecule has 0 atom stereocenters. The van der Waals surface area contributed by atoms with Crippen LogP contribution >= 0.6 is 0 Å². The molecule has 28 heavy (non-hydrogen) atoms. The molecular weight excluding hydrogens is 354 g/mol. The van der Waals surface area contributed by atoms with Gasteiger partial charge in [0.2, 0.25) is 0 Å². The molecule has 2 heterocycles. The van der Waals surface area contributed by atoms with E-state index in [-0.39, 0.29) is 5.91 Å². The van der Waals surface area contributed by atoms with E-state index >= 15 is 0 Å². The maximum absolute atomic E-state index is 13.2. The molecule has 1 saturated heterocycles. The predicted octanol–water partition coefficient (Wildman–Crippen LogP) is 3.20. The van der Waals surface area contributed by atoms with Crippen molar-refractivity contribution in [2.24, 2.45) is 0 Å². The lowest BCUT2D eigenvalue weighted by Gasteiger charge is -2.27. The summed E-state index contributed by atoms with van der Waals surface area (Å²) >= 11 is 0. The van der Waals surface area contributed by atoms with Gasteiger partial charge in [-0.3, -0.25) is 10.2 Å². The minimum Gasteiger partial charge on any atom is -0.497 e. The van der Waals surface area contributed by atoms with Crippen LogP contribution in [-0.4, -0.2) is 49.3 Å². The largest absolute Gasteiger partial charge is 0.497 e. The number of para-hydroxylation sites is 1. The third kappa shape index (κ3) is 3.56. The summed E-state index contributed by atoms with van der Waals surface area (Å²) in [6.45, 7) is 4.55. The van der Waals surface area contributed by atoms with Gasteiger partial charge in [-0.2, -0.15) is 0 Å². The summed E-state index contributed by atoms with van der Waals surface area (Å²) in [5.74, 6) is 0.667. The Balaban J connectivity index is 1.79. The highest BCUT2D eigenvalue weighted by Gasteiger charge is 2.21. The molecule has 0 unspecified atom stereocenters. The van der Waals surface area contributed by atoms with Crippen molar-refractivity contribution >= 4 is 16.8 Å². The van der Waals surface area contributed by atoms with E-state index < -0.39 is 0 Å². The molecule has 6 heteroatoms. The minimum atomic E-state index is -0.118.